The van der Waals surface area contributed by atoms with Gasteiger partial charge < -0.3 is 15.7 Å². The molecule has 0 aromatic rings. The van der Waals surface area contributed by atoms with Crippen LogP contribution in [0.15, 0.2) is 0 Å². The molecule has 3 heteroatoms. The Bertz CT molecular complexity index is 136. The van der Waals surface area contributed by atoms with Gasteiger partial charge in [-0.2, -0.15) is 0 Å². The molecule has 3 N–H and O–H groups in total. The van der Waals surface area contributed by atoms with Crippen molar-refractivity contribution in [3.63, 3.8) is 0 Å². The highest BCUT2D eigenvalue weighted by molar-refractivity contribution is 4.81. The number of aliphatic hydroxyl groups excluding tert-OH is 1. The summed E-state index contributed by atoms with van der Waals surface area (Å²) in [6, 6.07) is 0.295. The van der Waals surface area contributed by atoms with Crippen LogP contribution in [0.25, 0.3) is 0 Å². The maximum absolute atomic E-state index is 9.16. The average Bonchev–Trinajstić information content (AvgIpc) is 2.34. The molecule has 0 radical (unpaired) electrons. The van der Waals surface area contributed by atoms with Crippen molar-refractivity contribution in [2.75, 3.05) is 19.6 Å². The number of hydrogen-bond acceptors (Lipinski definition) is 3. The van der Waals surface area contributed by atoms with E-state index in [0.29, 0.717) is 12.0 Å². The Morgan fingerprint density at radius 1 is 1.58 bits per heavy atom. The summed E-state index contributed by atoms with van der Waals surface area (Å²) in [6.45, 7) is 6.85. The zero-order valence-electron chi connectivity index (χ0n) is 8.03. The maximum atomic E-state index is 9.16. The highest BCUT2D eigenvalue weighted by atomic mass is 16.3. The zero-order chi connectivity index (χ0) is 9.14. The summed E-state index contributed by atoms with van der Waals surface area (Å²) in [5.41, 5.74) is 5.80. The third-order valence-corrected chi connectivity index (χ3v) is 2.57. The van der Waals surface area contributed by atoms with E-state index in [4.69, 9.17) is 10.8 Å². The molecule has 0 spiro atoms. The van der Waals surface area contributed by atoms with Crippen molar-refractivity contribution in [2.45, 2.75) is 32.4 Å². The molecule has 3 nitrogen and oxygen atoms in total. The minimum Gasteiger partial charge on any atom is -0.392 e. The molecule has 0 aliphatic carbocycles. The number of rotatable bonds is 3. The Balaban J connectivity index is 2.26. The second-order valence-electron chi connectivity index (χ2n) is 4.02. The lowest BCUT2D eigenvalue weighted by atomic mass is 10.0. The van der Waals surface area contributed by atoms with Crippen LogP contribution in [0.4, 0.5) is 0 Å². The Hall–Kier alpha value is -0.120. The van der Waals surface area contributed by atoms with Crippen molar-refractivity contribution in [2.24, 2.45) is 11.7 Å². The SMILES string of the molecule is CC(N)C1CCN(C[C@@H](C)O)C1. The lowest BCUT2D eigenvalue weighted by molar-refractivity contribution is 0.138. The molecule has 0 saturated carbocycles. The van der Waals surface area contributed by atoms with Crippen molar-refractivity contribution in [1.29, 1.82) is 0 Å². The van der Waals surface area contributed by atoms with Crippen LogP contribution < -0.4 is 5.73 Å². The highest BCUT2D eigenvalue weighted by Gasteiger charge is 2.25. The summed E-state index contributed by atoms with van der Waals surface area (Å²) < 4.78 is 0. The van der Waals surface area contributed by atoms with Crippen LogP contribution in [0.1, 0.15) is 20.3 Å². The van der Waals surface area contributed by atoms with Gasteiger partial charge in [-0.15, -0.1) is 0 Å². The first-order chi connectivity index (χ1) is 5.59. The molecule has 3 atom stereocenters. The van der Waals surface area contributed by atoms with Gasteiger partial charge >= 0.3 is 0 Å². The Morgan fingerprint density at radius 3 is 2.67 bits per heavy atom. The topological polar surface area (TPSA) is 49.5 Å². The number of β-amino-alcohol motifs (C(OH)–C–C–N with tert-alkyl or cyclic N) is 1. The van der Waals surface area contributed by atoms with Crippen LogP contribution in [0.2, 0.25) is 0 Å². The van der Waals surface area contributed by atoms with Crippen LogP contribution in [-0.4, -0.2) is 41.8 Å². The quantitative estimate of drug-likeness (QED) is 0.632. The molecule has 0 bridgehead atoms. The van der Waals surface area contributed by atoms with Gasteiger partial charge in [0.1, 0.15) is 0 Å². The van der Waals surface area contributed by atoms with E-state index in [0.717, 1.165) is 19.6 Å². The zero-order valence-corrected chi connectivity index (χ0v) is 8.03. The van der Waals surface area contributed by atoms with E-state index >= 15 is 0 Å². The number of hydrogen-bond donors (Lipinski definition) is 2. The second kappa shape index (κ2) is 4.21. The lowest BCUT2D eigenvalue weighted by Crippen LogP contribution is -2.32. The van der Waals surface area contributed by atoms with Crippen LogP contribution in [0, 0.1) is 5.92 Å². The number of likely N-dealkylation sites (tertiary alicyclic amines) is 1. The van der Waals surface area contributed by atoms with E-state index in [9.17, 15) is 0 Å². The second-order valence-corrected chi connectivity index (χ2v) is 4.02. The molecule has 12 heavy (non-hydrogen) atoms. The summed E-state index contributed by atoms with van der Waals surface area (Å²) >= 11 is 0. The minimum absolute atomic E-state index is 0.211. The lowest BCUT2D eigenvalue weighted by Gasteiger charge is -2.18. The fourth-order valence-electron chi connectivity index (χ4n) is 1.83. The Labute approximate surface area is 74.5 Å². The molecule has 1 aliphatic heterocycles. The summed E-state index contributed by atoms with van der Waals surface area (Å²) in [4.78, 5) is 2.29. The van der Waals surface area contributed by atoms with Gasteiger partial charge in [0, 0.05) is 19.1 Å². The van der Waals surface area contributed by atoms with Gasteiger partial charge in [-0.05, 0) is 32.7 Å². The van der Waals surface area contributed by atoms with Crippen molar-refractivity contribution >= 4 is 0 Å². The van der Waals surface area contributed by atoms with Crippen LogP contribution >= 0.6 is 0 Å². The third-order valence-electron chi connectivity index (χ3n) is 2.57. The van der Waals surface area contributed by atoms with Crippen molar-refractivity contribution in [3.05, 3.63) is 0 Å². The predicted octanol–water partition coefficient (Wildman–Crippen LogP) is 0.0363. The van der Waals surface area contributed by atoms with Crippen molar-refractivity contribution < 1.29 is 5.11 Å². The van der Waals surface area contributed by atoms with E-state index in [-0.39, 0.29) is 6.10 Å². The average molecular weight is 172 g/mol. The Kier molecular flexibility index (Phi) is 3.50. The summed E-state index contributed by atoms with van der Waals surface area (Å²) in [7, 11) is 0. The van der Waals surface area contributed by atoms with E-state index in [1.165, 1.54) is 6.42 Å². The molecule has 0 amide bonds. The smallest absolute Gasteiger partial charge is 0.0639 e. The molecule has 2 unspecified atom stereocenters. The van der Waals surface area contributed by atoms with Crippen molar-refractivity contribution in [1.82, 2.24) is 4.90 Å². The first kappa shape index (κ1) is 9.96. The van der Waals surface area contributed by atoms with E-state index < -0.39 is 0 Å². The highest BCUT2D eigenvalue weighted by Crippen LogP contribution is 2.18. The summed E-state index contributed by atoms with van der Waals surface area (Å²) in [6.07, 6.45) is 0.974. The van der Waals surface area contributed by atoms with Gasteiger partial charge in [0.05, 0.1) is 6.10 Å². The van der Waals surface area contributed by atoms with E-state index in [2.05, 4.69) is 11.8 Å². The standard InChI is InChI=1S/C9H20N2O/c1-7(12)5-11-4-3-9(6-11)8(2)10/h7-9,12H,3-6,10H2,1-2H3/t7-,8?,9?/m1/s1. The van der Waals surface area contributed by atoms with Gasteiger partial charge in [-0.3, -0.25) is 0 Å². The maximum Gasteiger partial charge on any atom is 0.0639 e. The van der Waals surface area contributed by atoms with E-state index in [1.54, 1.807) is 0 Å². The number of aliphatic hydroxyl groups is 1. The molecule has 1 saturated heterocycles. The van der Waals surface area contributed by atoms with E-state index in [1.807, 2.05) is 6.92 Å². The normalized spacial score (nSPS) is 30.5. The van der Waals surface area contributed by atoms with Gasteiger partial charge in [0.15, 0.2) is 0 Å². The minimum atomic E-state index is -0.211. The largest absolute Gasteiger partial charge is 0.392 e. The molecular formula is C9H20N2O. The van der Waals surface area contributed by atoms with Gasteiger partial charge in [0.2, 0.25) is 0 Å². The van der Waals surface area contributed by atoms with Gasteiger partial charge in [0.25, 0.3) is 0 Å². The molecule has 0 aromatic heterocycles. The fourth-order valence-corrected chi connectivity index (χ4v) is 1.83. The van der Waals surface area contributed by atoms with Crippen LogP contribution in [0.5, 0.6) is 0 Å². The molecule has 1 heterocycles. The predicted molar refractivity (Wildman–Crippen MR) is 49.9 cm³/mol. The molecular weight excluding hydrogens is 152 g/mol. The van der Waals surface area contributed by atoms with Crippen LogP contribution in [0.3, 0.4) is 0 Å². The van der Waals surface area contributed by atoms with Gasteiger partial charge in [-0.1, -0.05) is 0 Å². The van der Waals surface area contributed by atoms with Crippen LogP contribution in [-0.2, 0) is 0 Å². The molecule has 0 aromatic carbocycles. The third kappa shape index (κ3) is 2.73. The molecule has 72 valence electrons. The fraction of sp³-hybridized carbons (Fsp3) is 1.00. The number of nitrogens with zero attached hydrogens (tertiary/aromatic N) is 1. The molecule has 1 aliphatic rings. The van der Waals surface area contributed by atoms with Crippen molar-refractivity contribution in [3.8, 4) is 0 Å². The first-order valence-electron chi connectivity index (χ1n) is 4.75. The first-order valence-corrected chi connectivity index (χ1v) is 4.75. The monoisotopic (exact) mass is 172 g/mol. The molecule has 1 fully saturated rings. The summed E-state index contributed by atoms with van der Waals surface area (Å²) in [5.74, 6) is 0.628. The summed E-state index contributed by atoms with van der Waals surface area (Å²) in [5, 5.41) is 9.16. The Morgan fingerprint density at radius 2 is 2.25 bits per heavy atom. The van der Waals surface area contributed by atoms with Gasteiger partial charge in [-0.25, -0.2) is 0 Å². The number of nitrogens with two attached hydrogens (primary N) is 1. The molecule has 1 rings (SSSR count).